The van der Waals surface area contributed by atoms with Gasteiger partial charge in [0.25, 0.3) is 0 Å². The maximum atomic E-state index is 12.2. The van der Waals surface area contributed by atoms with E-state index in [1.165, 1.54) is 5.56 Å². The molecule has 2 rings (SSSR count). The molecule has 0 heterocycles. The fraction of sp³-hybridized carbons (Fsp3) is 0.467. The molecule has 0 aliphatic heterocycles. The molecule has 1 aromatic rings. The fourth-order valence-electron chi connectivity index (χ4n) is 2.05. The molecular formula is C15H18N2O. The molecule has 1 aromatic carbocycles. The molecule has 0 radical (unpaired) electrons. The van der Waals surface area contributed by atoms with E-state index in [1.54, 1.807) is 0 Å². The summed E-state index contributed by atoms with van der Waals surface area (Å²) in [5, 5.41) is 8.63. The highest BCUT2D eigenvalue weighted by molar-refractivity contribution is 5.79. The molecule has 1 saturated carbocycles. The number of carbonyl (C=O) groups excluding carboxylic acids is 1. The Morgan fingerprint density at radius 2 is 2.06 bits per heavy atom. The SMILES string of the molecule is Cc1ccc(CC(=O)N(CCC#N)C2CC2)cc1. The summed E-state index contributed by atoms with van der Waals surface area (Å²) < 4.78 is 0. The lowest BCUT2D eigenvalue weighted by molar-refractivity contribution is -0.131. The van der Waals surface area contributed by atoms with Crippen molar-refractivity contribution in [3.63, 3.8) is 0 Å². The molecular weight excluding hydrogens is 224 g/mol. The minimum absolute atomic E-state index is 0.150. The Labute approximate surface area is 108 Å². The molecule has 3 nitrogen and oxygen atoms in total. The molecule has 0 N–H and O–H groups in total. The Morgan fingerprint density at radius 1 is 1.39 bits per heavy atom. The highest BCUT2D eigenvalue weighted by Crippen LogP contribution is 2.27. The van der Waals surface area contributed by atoms with Gasteiger partial charge in [-0.05, 0) is 25.3 Å². The number of hydrogen-bond acceptors (Lipinski definition) is 2. The van der Waals surface area contributed by atoms with Gasteiger partial charge in [0.1, 0.15) is 0 Å². The van der Waals surface area contributed by atoms with E-state index in [2.05, 4.69) is 6.07 Å². The van der Waals surface area contributed by atoms with Crippen molar-refractivity contribution in [2.45, 2.75) is 38.6 Å². The molecule has 0 spiro atoms. The second-order valence-corrected chi connectivity index (χ2v) is 4.89. The molecule has 1 amide bonds. The molecule has 18 heavy (non-hydrogen) atoms. The van der Waals surface area contributed by atoms with Crippen LogP contribution in [0.5, 0.6) is 0 Å². The maximum absolute atomic E-state index is 12.2. The fourth-order valence-corrected chi connectivity index (χ4v) is 2.05. The van der Waals surface area contributed by atoms with Crippen LogP contribution >= 0.6 is 0 Å². The monoisotopic (exact) mass is 242 g/mol. The van der Waals surface area contributed by atoms with E-state index < -0.39 is 0 Å². The Hall–Kier alpha value is -1.82. The van der Waals surface area contributed by atoms with Gasteiger partial charge in [-0.25, -0.2) is 0 Å². The van der Waals surface area contributed by atoms with E-state index in [-0.39, 0.29) is 5.91 Å². The summed E-state index contributed by atoms with van der Waals surface area (Å²) >= 11 is 0. The Kier molecular flexibility index (Phi) is 3.99. The topological polar surface area (TPSA) is 44.1 Å². The van der Waals surface area contributed by atoms with Gasteiger partial charge in [-0.3, -0.25) is 4.79 Å². The van der Waals surface area contributed by atoms with E-state index in [0.29, 0.717) is 25.4 Å². The second-order valence-electron chi connectivity index (χ2n) is 4.89. The molecule has 3 heteroatoms. The largest absolute Gasteiger partial charge is 0.338 e. The van der Waals surface area contributed by atoms with Crippen LogP contribution in [0.15, 0.2) is 24.3 Å². The predicted octanol–water partition coefficient (Wildman–Crippen LogP) is 2.44. The number of nitriles is 1. The van der Waals surface area contributed by atoms with Crippen molar-refractivity contribution < 1.29 is 4.79 Å². The Morgan fingerprint density at radius 3 is 2.61 bits per heavy atom. The number of carbonyl (C=O) groups is 1. The van der Waals surface area contributed by atoms with Gasteiger partial charge in [-0.15, -0.1) is 0 Å². The molecule has 0 unspecified atom stereocenters. The molecule has 1 aliphatic rings. The zero-order valence-corrected chi connectivity index (χ0v) is 10.7. The highest BCUT2D eigenvalue weighted by Gasteiger charge is 2.31. The summed E-state index contributed by atoms with van der Waals surface area (Å²) in [6, 6.07) is 10.6. The number of benzene rings is 1. The third kappa shape index (κ3) is 3.33. The van der Waals surface area contributed by atoms with E-state index in [1.807, 2.05) is 36.1 Å². The van der Waals surface area contributed by atoms with Crippen LogP contribution in [0.2, 0.25) is 0 Å². The van der Waals surface area contributed by atoms with Crippen LogP contribution in [0.3, 0.4) is 0 Å². The molecule has 1 fully saturated rings. The zero-order valence-electron chi connectivity index (χ0n) is 10.7. The van der Waals surface area contributed by atoms with E-state index >= 15 is 0 Å². The first-order valence-corrected chi connectivity index (χ1v) is 6.42. The van der Waals surface area contributed by atoms with E-state index in [4.69, 9.17) is 5.26 Å². The lowest BCUT2D eigenvalue weighted by atomic mass is 10.1. The lowest BCUT2D eigenvalue weighted by Gasteiger charge is -2.21. The molecule has 94 valence electrons. The second kappa shape index (κ2) is 5.68. The van der Waals surface area contributed by atoms with Gasteiger partial charge in [-0.2, -0.15) is 5.26 Å². The molecule has 0 saturated heterocycles. The first kappa shape index (κ1) is 12.6. The number of nitrogens with zero attached hydrogens (tertiary/aromatic N) is 2. The van der Waals surface area contributed by atoms with E-state index in [9.17, 15) is 4.79 Å². The third-order valence-electron chi connectivity index (χ3n) is 3.25. The van der Waals surface area contributed by atoms with Crippen molar-refractivity contribution in [3.8, 4) is 6.07 Å². The van der Waals surface area contributed by atoms with Crippen molar-refractivity contribution in [1.29, 1.82) is 5.26 Å². The Balaban J connectivity index is 1.96. The van der Waals surface area contributed by atoms with Gasteiger partial charge in [0, 0.05) is 12.6 Å². The number of hydrogen-bond donors (Lipinski definition) is 0. The van der Waals surface area contributed by atoms with Crippen molar-refractivity contribution >= 4 is 5.91 Å². The van der Waals surface area contributed by atoms with Crippen LogP contribution in [0.4, 0.5) is 0 Å². The Bertz CT molecular complexity index is 454. The van der Waals surface area contributed by atoms with Crippen molar-refractivity contribution in [2.24, 2.45) is 0 Å². The quantitative estimate of drug-likeness (QED) is 0.796. The maximum Gasteiger partial charge on any atom is 0.227 e. The van der Waals surface area contributed by atoms with Crippen LogP contribution in [-0.4, -0.2) is 23.4 Å². The summed E-state index contributed by atoms with van der Waals surface area (Å²) in [5.74, 6) is 0.150. The number of amides is 1. The normalized spacial score (nSPS) is 14.0. The molecule has 1 aliphatic carbocycles. The molecule has 0 bridgehead atoms. The third-order valence-corrected chi connectivity index (χ3v) is 3.25. The molecule has 0 aromatic heterocycles. The summed E-state index contributed by atoms with van der Waals surface area (Å²) in [6.07, 6.45) is 3.05. The van der Waals surface area contributed by atoms with Crippen molar-refractivity contribution in [3.05, 3.63) is 35.4 Å². The standard InChI is InChI=1S/C15H18N2O/c1-12-3-5-13(6-4-12)11-15(18)17(10-2-9-16)14-7-8-14/h3-6,14H,2,7-8,10-11H2,1H3. The van der Waals surface area contributed by atoms with E-state index in [0.717, 1.165) is 18.4 Å². The molecule has 0 atom stereocenters. The smallest absolute Gasteiger partial charge is 0.227 e. The van der Waals surface area contributed by atoms with Gasteiger partial charge in [0.2, 0.25) is 5.91 Å². The van der Waals surface area contributed by atoms with Crippen molar-refractivity contribution in [2.75, 3.05) is 6.54 Å². The first-order chi connectivity index (χ1) is 8.70. The van der Waals surface area contributed by atoms with Gasteiger partial charge >= 0.3 is 0 Å². The minimum atomic E-state index is 0.150. The zero-order chi connectivity index (χ0) is 13.0. The number of rotatable bonds is 5. The summed E-state index contributed by atoms with van der Waals surface area (Å²) in [7, 11) is 0. The summed E-state index contributed by atoms with van der Waals surface area (Å²) in [4.78, 5) is 14.1. The van der Waals surface area contributed by atoms with Crippen LogP contribution < -0.4 is 0 Å². The van der Waals surface area contributed by atoms with Gasteiger partial charge in [0.15, 0.2) is 0 Å². The van der Waals surface area contributed by atoms with Crippen molar-refractivity contribution in [1.82, 2.24) is 4.90 Å². The highest BCUT2D eigenvalue weighted by atomic mass is 16.2. The van der Waals surface area contributed by atoms with Crippen LogP contribution in [0.1, 0.15) is 30.4 Å². The van der Waals surface area contributed by atoms with Crippen LogP contribution in [0, 0.1) is 18.3 Å². The van der Waals surface area contributed by atoms with Crippen LogP contribution in [-0.2, 0) is 11.2 Å². The lowest BCUT2D eigenvalue weighted by Crippen LogP contribution is -2.35. The predicted molar refractivity (Wildman–Crippen MR) is 69.8 cm³/mol. The van der Waals surface area contributed by atoms with Gasteiger partial charge in [-0.1, -0.05) is 29.8 Å². The average molecular weight is 242 g/mol. The van der Waals surface area contributed by atoms with Crippen LogP contribution in [0.25, 0.3) is 0 Å². The summed E-state index contributed by atoms with van der Waals surface area (Å²) in [5.41, 5.74) is 2.25. The van der Waals surface area contributed by atoms with Gasteiger partial charge < -0.3 is 4.90 Å². The summed E-state index contributed by atoms with van der Waals surface area (Å²) in [6.45, 7) is 2.61. The minimum Gasteiger partial charge on any atom is -0.338 e. The first-order valence-electron chi connectivity index (χ1n) is 6.42. The number of aryl methyl sites for hydroxylation is 1. The van der Waals surface area contributed by atoms with Gasteiger partial charge in [0.05, 0.1) is 18.9 Å². The average Bonchev–Trinajstić information content (AvgIpc) is 3.17.